The number of hydrogen-bond acceptors (Lipinski definition) is 2. The standard InChI is InChI=1S/C24H34OS/c1-3-5-7-9-10-11-13-23-18-19-24(26-23)21-14-16-22(17-15-21)25-20-12-8-6-4-2/h8,12,14-19H,3-7,9-11,13,20H2,1-2H3. The fourth-order valence-electron chi connectivity index (χ4n) is 2.96. The minimum absolute atomic E-state index is 0.654. The molecular weight excluding hydrogens is 336 g/mol. The van der Waals surface area contributed by atoms with Crippen LogP contribution in [-0.4, -0.2) is 6.61 Å². The summed E-state index contributed by atoms with van der Waals surface area (Å²) in [6, 6.07) is 13.1. The molecule has 2 rings (SSSR count). The molecule has 1 aromatic heterocycles. The molecule has 0 aliphatic carbocycles. The molecule has 0 amide bonds. The molecule has 1 heterocycles. The fourth-order valence-corrected chi connectivity index (χ4v) is 4.01. The summed E-state index contributed by atoms with van der Waals surface area (Å²) < 4.78 is 5.76. The molecule has 0 aliphatic rings. The lowest BCUT2D eigenvalue weighted by Crippen LogP contribution is -1.92. The van der Waals surface area contributed by atoms with Crippen molar-refractivity contribution in [3.63, 3.8) is 0 Å². The van der Waals surface area contributed by atoms with Gasteiger partial charge in [-0.3, -0.25) is 0 Å². The van der Waals surface area contributed by atoms with Gasteiger partial charge in [0.15, 0.2) is 0 Å². The molecule has 0 radical (unpaired) electrons. The van der Waals surface area contributed by atoms with Gasteiger partial charge in [-0.05, 0) is 61.2 Å². The van der Waals surface area contributed by atoms with Crippen molar-refractivity contribution in [1.29, 1.82) is 0 Å². The average Bonchev–Trinajstić information content (AvgIpc) is 3.14. The molecule has 0 saturated carbocycles. The molecule has 1 aromatic carbocycles. The summed E-state index contributed by atoms with van der Waals surface area (Å²) >= 11 is 1.94. The van der Waals surface area contributed by atoms with Crippen molar-refractivity contribution in [2.24, 2.45) is 0 Å². The molecule has 0 saturated heterocycles. The number of benzene rings is 1. The van der Waals surface area contributed by atoms with Crippen molar-refractivity contribution in [3.05, 3.63) is 53.4 Å². The zero-order valence-corrected chi connectivity index (χ0v) is 17.3. The van der Waals surface area contributed by atoms with Crippen LogP contribution in [0.1, 0.15) is 70.1 Å². The summed E-state index contributed by atoms with van der Waals surface area (Å²) in [7, 11) is 0. The molecule has 0 unspecified atom stereocenters. The number of thiophene rings is 1. The SMILES string of the molecule is CCCC=CCOc1ccc(-c2ccc(CCCCCCCC)s2)cc1. The van der Waals surface area contributed by atoms with E-state index >= 15 is 0 Å². The van der Waals surface area contributed by atoms with Crippen LogP contribution in [0.2, 0.25) is 0 Å². The van der Waals surface area contributed by atoms with E-state index in [2.05, 4.69) is 62.4 Å². The van der Waals surface area contributed by atoms with E-state index in [1.165, 1.54) is 66.7 Å². The Hall–Kier alpha value is -1.54. The van der Waals surface area contributed by atoms with E-state index in [0.717, 1.165) is 12.2 Å². The lowest BCUT2D eigenvalue weighted by Gasteiger charge is -2.04. The number of ether oxygens (including phenoxy) is 1. The zero-order chi connectivity index (χ0) is 18.5. The minimum Gasteiger partial charge on any atom is -0.490 e. The quantitative estimate of drug-likeness (QED) is 0.256. The highest BCUT2D eigenvalue weighted by Gasteiger charge is 2.04. The monoisotopic (exact) mass is 370 g/mol. The largest absolute Gasteiger partial charge is 0.490 e. The Morgan fingerprint density at radius 2 is 1.58 bits per heavy atom. The first-order valence-electron chi connectivity index (χ1n) is 10.3. The Morgan fingerprint density at radius 1 is 0.808 bits per heavy atom. The van der Waals surface area contributed by atoms with Crippen LogP contribution in [0.5, 0.6) is 5.75 Å². The molecule has 0 atom stereocenters. The smallest absolute Gasteiger partial charge is 0.119 e. The molecule has 0 fully saturated rings. The van der Waals surface area contributed by atoms with Gasteiger partial charge in [-0.15, -0.1) is 11.3 Å². The summed E-state index contributed by atoms with van der Waals surface area (Å²) in [6.45, 7) is 5.12. The third kappa shape index (κ3) is 7.78. The van der Waals surface area contributed by atoms with E-state index in [0.29, 0.717) is 6.61 Å². The molecule has 2 aromatic rings. The van der Waals surface area contributed by atoms with E-state index < -0.39 is 0 Å². The van der Waals surface area contributed by atoms with Crippen LogP contribution in [0.3, 0.4) is 0 Å². The number of unbranched alkanes of at least 4 members (excludes halogenated alkanes) is 6. The highest BCUT2D eigenvalue weighted by Crippen LogP contribution is 2.30. The van der Waals surface area contributed by atoms with Crippen molar-refractivity contribution in [3.8, 4) is 16.2 Å². The maximum atomic E-state index is 5.76. The summed E-state index contributed by atoms with van der Waals surface area (Å²) in [5.74, 6) is 0.943. The molecule has 26 heavy (non-hydrogen) atoms. The van der Waals surface area contributed by atoms with Gasteiger partial charge in [-0.2, -0.15) is 0 Å². The molecule has 1 nitrogen and oxygen atoms in total. The van der Waals surface area contributed by atoms with Gasteiger partial charge in [0.2, 0.25) is 0 Å². The Balaban J connectivity index is 1.75. The third-order valence-corrected chi connectivity index (χ3v) is 5.74. The van der Waals surface area contributed by atoms with Gasteiger partial charge in [-0.1, -0.05) is 64.5 Å². The van der Waals surface area contributed by atoms with Crippen LogP contribution in [0.25, 0.3) is 10.4 Å². The van der Waals surface area contributed by atoms with Crippen LogP contribution >= 0.6 is 11.3 Å². The molecule has 0 bridgehead atoms. The Kier molecular flexibility index (Phi) is 10.2. The van der Waals surface area contributed by atoms with Gasteiger partial charge in [0.05, 0.1) is 0 Å². The van der Waals surface area contributed by atoms with E-state index in [1.54, 1.807) is 0 Å². The predicted molar refractivity (Wildman–Crippen MR) is 116 cm³/mol. The summed E-state index contributed by atoms with van der Waals surface area (Å²) in [5, 5.41) is 0. The van der Waals surface area contributed by atoms with Crippen LogP contribution in [0.15, 0.2) is 48.6 Å². The van der Waals surface area contributed by atoms with Crippen LogP contribution in [0, 0.1) is 0 Å². The van der Waals surface area contributed by atoms with Gasteiger partial charge in [0, 0.05) is 9.75 Å². The molecule has 0 spiro atoms. The molecule has 142 valence electrons. The van der Waals surface area contributed by atoms with E-state index in [4.69, 9.17) is 4.74 Å². The van der Waals surface area contributed by atoms with Crippen LogP contribution in [-0.2, 0) is 6.42 Å². The minimum atomic E-state index is 0.654. The van der Waals surface area contributed by atoms with Crippen molar-refractivity contribution < 1.29 is 4.74 Å². The van der Waals surface area contributed by atoms with Crippen molar-refractivity contribution in [1.82, 2.24) is 0 Å². The topological polar surface area (TPSA) is 9.23 Å². The Bertz CT molecular complexity index is 624. The summed E-state index contributed by atoms with van der Waals surface area (Å²) in [6.07, 6.45) is 16.0. The average molecular weight is 371 g/mol. The lowest BCUT2D eigenvalue weighted by atomic mass is 10.1. The van der Waals surface area contributed by atoms with Gasteiger partial charge in [-0.25, -0.2) is 0 Å². The zero-order valence-electron chi connectivity index (χ0n) is 16.5. The van der Waals surface area contributed by atoms with Crippen molar-refractivity contribution in [2.45, 2.75) is 71.6 Å². The van der Waals surface area contributed by atoms with E-state index in [-0.39, 0.29) is 0 Å². The molecular formula is C24H34OS. The van der Waals surface area contributed by atoms with Crippen LogP contribution in [0.4, 0.5) is 0 Å². The summed E-state index contributed by atoms with van der Waals surface area (Å²) in [5.41, 5.74) is 1.29. The maximum Gasteiger partial charge on any atom is 0.119 e. The number of hydrogen-bond donors (Lipinski definition) is 0. The lowest BCUT2D eigenvalue weighted by molar-refractivity contribution is 0.362. The van der Waals surface area contributed by atoms with Gasteiger partial charge >= 0.3 is 0 Å². The van der Waals surface area contributed by atoms with Gasteiger partial charge in [0.25, 0.3) is 0 Å². The Morgan fingerprint density at radius 3 is 2.35 bits per heavy atom. The second-order valence-corrected chi connectivity index (χ2v) is 8.05. The van der Waals surface area contributed by atoms with E-state index in [9.17, 15) is 0 Å². The first-order chi connectivity index (χ1) is 12.8. The normalized spacial score (nSPS) is 11.3. The number of allylic oxidation sites excluding steroid dienone is 1. The fraction of sp³-hybridized carbons (Fsp3) is 0.500. The predicted octanol–water partition coefficient (Wildman–Crippen LogP) is 8.05. The second-order valence-electron chi connectivity index (χ2n) is 6.88. The maximum absolute atomic E-state index is 5.76. The number of aryl methyl sites for hydroxylation is 1. The molecule has 2 heteroatoms. The first-order valence-corrected chi connectivity index (χ1v) is 11.1. The molecule has 0 aliphatic heterocycles. The van der Waals surface area contributed by atoms with Gasteiger partial charge in [0.1, 0.15) is 12.4 Å². The van der Waals surface area contributed by atoms with Crippen LogP contribution < -0.4 is 4.74 Å². The highest BCUT2D eigenvalue weighted by atomic mass is 32.1. The molecule has 0 N–H and O–H groups in total. The van der Waals surface area contributed by atoms with Crippen molar-refractivity contribution in [2.75, 3.05) is 6.61 Å². The third-order valence-electron chi connectivity index (χ3n) is 4.55. The highest BCUT2D eigenvalue weighted by molar-refractivity contribution is 7.15. The van der Waals surface area contributed by atoms with Crippen molar-refractivity contribution >= 4 is 11.3 Å². The second kappa shape index (κ2) is 12.8. The Labute approximate surface area is 164 Å². The van der Waals surface area contributed by atoms with E-state index in [1.807, 2.05) is 11.3 Å². The van der Waals surface area contributed by atoms with Gasteiger partial charge < -0.3 is 4.74 Å². The summed E-state index contributed by atoms with van der Waals surface area (Å²) in [4.78, 5) is 2.87. The first kappa shape index (κ1) is 20.8. The number of rotatable bonds is 13.